The Kier molecular flexibility index (Phi) is 7.95. The molecule has 1 aromatic rings. The van der Waals surface area contributed by atoms with Crippen LogP contribution in [0.4, 0.5) is 11.6 Å². The highest BCUT2D eigenvalue weighted by Crippen LogP contribution is 2.17. The number of hydrogen-bond acceptors (Lipinski definition) is 5. The van der Waals surface area contributed by atoms with Crippen LogP contribution in [0.25, 0.3) is 0 Å². The minimum absolute atomic E-state index is 0.467. The lowest BCUT2D eigenvalue weighted by Crippen LogP contribution is -2.26. The number of hydrogen-bond donors (Lipinski definition) is 1. The van der Waals surface area contributed by atoms with E-state index in [1.807, 2.05) is 13.0 Å². The van der Waals surface area contributed by atoms with Gasteiger partial charge < -0.3 is 15.0 Å². The summed E-state index contributed by atoms with van der Waals surface area (Å²) >= 11 is 0. The maximum Gasteiger partial charge on any atom is 0.158 e. The van der Waals surface area contributed by atoms with Crippen molar-refractivity contribution in [3.05, 3.63) is 11.9 Å². The average Bonchev–Trinajstić information content (AvgIpc) is 2.45. The van der Waals surface area contributed by atoms with Crippen molar-refractivity contribution in [3.63, 3.8) is 0 Å². The van der Waals surface area contributed by atoms with Crippen LogP contribution in [-0.2, 0) is 11.3 Å². The van der Waals surface area contributed by atoms with Gasteiger partial charge in [0.2, 0.25) is 0 Å². The third-order valence-electron chi connectivity index (χ3n) is 2.86. The molecule has 0 bridgehead atoms. The Hall–Kier alpha value is -1.36. The van der Waals surface area contributed by atoms with E-state index in [-0.39, 0.29) is 0 Å². The minimum Gasteiger partial charge on any atom is -0.374 e. The first-order valence-corrected chi connectivity index (χ1v) is 7.69. The Bertz CT molecular complexity index is 378. The highest BCUT2D eigenvalue weighted by Gasteiger charge is 2.10. The highest BCUT2D eigenvalue weighted by atomic mass is 16.5. The zero-order valence-corrected chi connectivity index (χ0v) is 13.3. The van der Waals surface area contributed by atoms with Gasteiger partial charge in [-0.3, -0.25) is 0 Å². The molecular formula is C15H28N4O. The predicted octanol–water partition coefficient (Wildman–Crippen LogP) is 3.07. The fourth-order valence-corrected chi connectivity index (χ4v) is 2.06. The van der Waals surface area contributed by atoms with Crippen molar-refractivity contribution in [2.75, 3.05) is 36.5 Å². The van der Waals surface area contributed by atoms with E-state index in [2.05, 4.69) is 41.0 Å². The van der Waals surface area contributed by atoms with E-state index in [0.29, 0.717) is 13.2 Å². The first-order valence-electron chi connectivity index (χ1n) is 7.69. The van der Waals surface area contributed by atoms with Crippen molar-refractivity contribution in [2.24, 2.45) is 0 Å². The lowest BCUT2D eigenvalue weighted by molar-refractivity contribution is 0.128. The van der Waals surface area contributed by atoms with Gasteiger partial charge >= 0.3 is 0 Å². The lowest BCUT2D eigenvalue weighted by atomic mass is 10.3. The van der Waals surface area contributed by atoms with Gasteiger partial charge in [0.05, 0.1) is 0 Å². The van der Waals surface area contributed by atoms with E-state index in [0.717, 1.165) is 49.9 Å². The van der Waals surface area contributed by atoms with Crippen LogP contribution >= 0.6 is 0 Å². The molecule has 114 valence electrons. The Balaban J connectivity index is 2.97. The van der Waals surface area contributed by atoms with Gasteiger partial charge in [-0.05, 0) is 26.7 Å². The summed E-state index contributed by atoms with van der Waals surface area (Å²) in [6.07, 6.45) is 2.22. The summed E-state index contributed by atoms with van der Waals surface area (Å²) in [5.41, 5.74) is 0. The zero-order valence-electron chi connectivity index (χ0n) is 13.3. The van der Waals surface area contributed by atoms with Gasteiger partial charge in [-0.25, -0.2) is 9.97 Å². The highest BCUT2D eigenvalue weighted by molar-refractivity contribution is 5.49. The number of aromatic nitrogens is 2. The molecule has 0 atom stereocenters. The van der Waals surface area contributed by atoms with E-state index < -0.39 is 0 Å². The molecule has 0 aliphatic carbocycles. The van der Waals surface area contributed by atoms with Crippen LogP contribution in [0.3, 0.4) is 0 Å². The van der Waals surface area contributed by atoms with Crippen molar-refractivity contribution >= 4 is 11.6 Å². The predicted molar refractivity (Wildman–Crippen MR) is 84.3 cm³/mol. The standard InChI is InChI=1S/C15H28N4O/c1-5-9-19(10-6-2)15-11-13(16-7-3)17-14(18-15)12-20-8-4/h11H,5-10,12H2,1-4H3,(H,16,17,18). The van der Waals surface area contributed by atoms with Crippen LogP contribution < -0.4 is 10.2 Å². The van der Waals surface area contributed by atoms with Crippen molar-refractivity contribution in [3.8, 4) is 0 Å². The smallest absolute Gasteiger partial charge is 0.158 e. The molecule has 1 N–H and O–H groups in total. The topological polar surface area (TPSA) is 50.3 Å². The molecule has 1 rings (SSSR count). The Morgan fingerprint density at radius 1 is 1.10 bits per heavy atom. The molecule has 0 aromatic carbocycles. The van der Waals surface area contributed by atoms with E-state index in [9.17, 15) is 0 Å². The van der Waals surface area contributed by atoms with Crippen LogP contribution in [0.5, 0.6) is 0 Å². The third kappa shape index (κ3) is 5.33. The van der Waals surface area contributed by atoms with Crippen molar-refractivity contribution in [1.82, 2.24) is 9.97 Å². The first-order chi connectivity index (χ1) is 9.74. The molecule has 0 aliphatic rings. The maximum absolute atomic E-state index is 5.44. The van der Waals surface area contributed by atoms with Gasteiger partial charge in [0.15, 0.2) is 5.82 Å². The fourth-order valence-electron chi connectivity index (χ4n) is 2.06. The quantitative estimate of drug-likeness (QED) is 0.714. The molecule has 0 fully saturated rings. The molecule has 0 radical (unpaired) electrons. The van der Waals surface area contributed by atoms with Gasteiger partial charge in [-0.2, -0.15) is 0 Å². The second kappa shape index (κ2) is 9.53. The lowest BCUT2D eigenvalue weighted by Gasteiger charge is -2.23. The summed E-state index contributed by atoms with van der Waals surface area (Å²) in [6, 6.07) is 2.03. The summed E-state index contributed by atoms with van der Waals surface area (Å²) in [6.45, 7) is 12.5. The molecule has 5 nitrogen and oxygen atoms in total. The van der Waals surface area contributed by atoms with E-state index >= 15 is 0 Å². The molecule has 1 heterocycles. The Morgan fingerprint density at radius 3 is 2.35 bits per heavy atom. The number of rotatable bonds is 10. The first kappa shape index (κ1) is 16.7. The van der Waals surface area contributed by atoms with Crippen molar-refractivity contribution < 1.29 is 4.74 Å². The molecular weight excluding hydrogens is 252 g/mol. The Labute approximate surface area is 122 Å². The monoisotopic (exact) mass is 280 g/mol. The van der Waals surface area contributed by atoms with Crippen LogP contribution in [0, 0.1) is 0 Å². The molecule has 0 aliphatic heterocycles. The van der Waals surface area contributed by atoms with Crippen LogP contribution in [0.2, 0.25) is 0 Å². The van der Waals surface area contributed by atoms with E-state index in [4.69, 9.17) is 4.74 Å². The molecule has 1 aromatic heterocycles. The number of ether oxygens (including phenoxy) is 1. The second-order valence-corrected chi connectivity index (χ2v) is 4.68. The number of nitrogens with one attached hydrogen (secondary N) is 1. The third-order valence-corrected chi connectivity index (χ3v) is 2.86. The molecule has 5 heteroatoms. The molecule has 20 heavy (non-hydrogen) atoms. The van der Waals surface area contributed by atoms with Crippen LogP contribution in [0.1, 0.15) is 46.4 Å². The fraction of sp³-hybridized carbons (Fsp3) is 0.733. The zero-order chi connectivity index (χ0) is 14.8. The van der Waals surface area contributed by atoms with E-state index in [1.54, 1.807) is 0 Å². The molecule has 0 saturated carbocycles. The van der Waals surface area contributed by atoms with Crippen molar-refractivity contribution in [1.29, 1.82) is 0 Å². The normalized spacial score (nSPS) is 10.6. The summed E-state index contributed by atoms with van der Waals surface area (Å²) in [7, 11) is 0. The van der Waals surface area contributed by atoms with Crippen molar-refractivity contribution in [2.45, 2.75) is 47.1 Å². The van der Waals surface area contributed by atoms with E-state index in [1.165, 1.54) is 0 Å². The molecule has 0 spiro atoms. The minimum atomic E-state index is 0.467. The second-order valence-electron chi connectivity index (χ2n) is 4.68. The molecule has 0 saturated heterocycles. The van der Waals surface area contributed by atoms with Gasteiger partial charge in [-0.1, -0.05) is 13.8 Å². The largest absolute Gasteiger partial charge is 0.374 e. The number of anilines is 2. The summed E-state index contributed by atoms with van der Waals surface area (Å²) < 4.78 is 5.44. The van der Waals surface area contributed by atoms with Crippen LogP contribution in [0.15, 0.2) is 6.07 Å². The maximum atomic E-state index is 5.44. The SMILES string of the molecule is CCCN(CCC)c1cc(NCC)nc(COCC)n1. The van der Waals surface area contributed by atoms with Gasteiger partial charge in [-0.15, -0.1) is 0 Å². The van der Waals surface area contributed by atoms with Gasteiger partial charge in [0.25, 0.3) is 0 Å². The van der Waals surface area contributed by atoms with Gasteiger partial charge in [0, 0.05) is 32.3 Å². The summed E-state index contributed by atoms with van der Waals surface area (Å²) in [5.74, 6) is 2.62. The summed E-state index contributed by atoms with van der Waals surface area (Å²) in [5, 5.41) is 3.27. The molecule has 0 amide bonds. The Morgan fingerprint density at radius 2 is 1.80 bits per heavy atom. The molecule has 0 unspecified atom stereocenters. The van der Waals surface area contributed by atoms with Gasteiger partial charge in [0.1, 0.15) is 18.2 Å². The average molecular weight is 280 g/mol. The number of nitrogens with zero attached hydrogens (tertiary/aromatic N) is 3. The summed E-state index contributed by atoms with van der Waals surface area (Å²) in [4.78, 5) is 11.4. The van der Waals surface area contributed by atoms with Crippen LogP contribution in [-0.4, -0.2) is 36.2 Å².